The molecule has 0 saturated heterocycles. The van der Waals surface area contributed by atoms with Gasteiger partial charge in [-0.05, 0) is 18.6 Å². The molecule has 0 aliphatic carbocycles. The third kappa shape index (κ3) is 5.61. The predicted molar refractivity (Wildman–Crippen MR) is 82.7 cm³/mol. The average Bonchev–Trinajstić information content (AvgIpc) is 2.37. The summed E-state index contributed by atoms with van der Waals surface area (Å²) in [5, 5.41) is 2.46. The molecule has 3 N–H and O–H groups in total. The highest BCUT2D eigenvalue weighted by molar-refractivity contribution is 6.68. The van der Waals surface area contributed by atoms with E-state index in [9.17, 15) is 9.59 Å². The van der Waals surface area contributed by atoms with Crippen molar-refractivity contribution in [2.45, 2.75) is 29.8 Å². The number of hydrogen-bond donors (Lipinski definition) is 2. The van der Waals surface area contributed by atoms with E-state index in [0.29, 0.717) is 6.42 Å². The Morgan fingerprint density at radius 3 is 2.48 bits per heavy atom. The Hall–Kier alpha value is -1.17. The fourth-order valence-corrected chi connectivity index (χ4v) is 1.82. The molecule has 0 radical (unpaired) electrons. The molecule has 1 aromatic carbocycles. The van der Waals surface area contributed by atoms with Crippen molar-refractivity contribution < 1.29 is 14.3 Å². The fraction of sp³-hybridized carbons (Fsp3) is 0.385. The second-order valence-electron chi connectivity index (χ2n) is 4.22. The minimum absolute atomic E-state index is 0.123. The van der Waals surface area contributed by atoms with Crippen LogP contribution < -0.4 is 15.8 Å². The minimum Gasteiger partial charge on any atom is -0.465 e. The van der Waals surface area contributed by atoms with E-state index in [1.54, 1.807) is 12.1 Å². The summed E-state index contributed by atoms with van der Waals surface area (Å²) in [4.78, 5) is 23.0. The Morgan fingerprint density at radius 2 is 1.95 bits per heavy atom. The second kappa shape index (κ2) is 7.73. The number of carbonyl (C=O) groups excluding carboxylic acids is 2. The van der Waals surface area contributed by atoms with Crippen molar-refractivity contribution in [1.82, 2.24) is 5.32 Å². The number of halogens is 3. The molecule has 0 aliphatic heterocycles. The Kier molecular flexibility index (Phi) is 6.58. The van der Waals surface area contributed by atoms with Crippen LogP contribution in [0.15, 0.2) is 24.3 Å². The van der Waals surface area contributed by atoms with Crippen molar-refractivity contribution in [2.75, 3.05) is 0 Å². The van der Waals surface area contributed by atoms with Crippen molar-refractivity contribution in [1.29, 1.82) is 0 Å². The number of hydrogen-bond acceptors (Lipinski definition) is 3. The molecule has 0 saturated carbocycles. The monoisotopic (exact) mass is 352 g/mol. The van der Waals surface area contributed by atoms with E-state index in [0.717, 1.165) is 0 Å². The maximum Gasteiger partial charge on any atom is 0.252 e. The molecule has 116 valence electrons. The van der Waals surface area contributed by atoms with E-state index in [2.05, 4.69) is 5.32 Å². The largest absolute Gasteiger partial charge is 0.465 e. The van der Waals surface area contributed by atoms with Gasteiger partial charge in [0.05, 0.1) is 5.56 Å². The average molecular weight is 354 g/mol. The van der Waals surface area contributed by atoms with Crippen LogP contribution in [0.5, 0.6) is 5.75 Å². The number of para-hydroxylation sites is 1. The SMILES string of the molecule is CCCC(=O)N[C@@H](Oc1ccccc1C(N)=O)C(Cl)(Cl)Cl. The maximum absolute atomic E-state index is 11.7. The lowest BCUT2D eigenvalue weighted by atomic mass is 10.2. The first kappa shape index (κ1) is 17.9. The summed E-state index contributed by atoms with van der Waals surface area (Å²) in [6.07, 6.45) is -0.351. The van der Waals surface area contributed by atoms with Crippen molar-refractivity contribution in [3.8, 4) is 5.75 Å². The first-order valence-corrected chi connectivity index (χ1v) is 7.30. The normalized spacial score (nSPS) is 12.6. The Balaban J connectivity index is 2.97. The number of benzene rings is 1. The summed E-state index contributed by atoms with van der Waals surface area (Å²) in [7, 11) is 0. The van der Waals surface area contributed by atoms with Crippen molar-refractivity contribution in [3.05, 3.63) is 29.8 Å². The van der Waals surface area contributed by atoms with Gasteiger partial charge in [0.15, 0.2) is 0 Å². The van der Waals surface area contributed by atoms with Gasteiger partial charge >= 0.3 is 0 Å². The lowest BCUT2D eigenvalue weighted by molar-refractivity contribution is -0.123. The number of rotatable bonds is 6. The lowest BCUT2D eigenvalue weighted by Crippen LogP contribution is -2.48. The Labute approximate surface area is 137 Å². The zero-order chi connectivity index (χ0) is 16.0. The zero-order valence-electron chi connectivity index (χ0n) is 11.2. The number of alkyl halides is 3. The third-order valence-corrected chi connectivity index (χ3v) is 3.06. The van der Waals surface area contributed by atoms with Gasteiger partial charge < -0.3 is 15.8 Å². The van der Waals surface area contributed by atoms with Gasteiger partial charge in [-0.2, -0.15) is 0 Å². The molecular formula is C13H15Cl3N2O3. The number of primary amides is 1. The molecule has 5 nitrogen and oxygen atoms in total. The van der Waals surface area contributed by atoms with Gasteiger partial charge in [0.1, 0.15) is 5.75 Å². The summed E-state index contributed by atoms with van der Waals surface area (Å²) in [6, 6.07) is 6.22. The van der Waals surface area contributed by atoms with Crippen LogP contribution >= 0.6 is 34.8 Å². The molecule has 0 spiro atoms. The van der Waals surface area contributed by atoms with E-state index < -0.39 is 15.9 Å². The third-order valence-electron chi connectivity index (χ3n) is 2.46. The van der Waals surface area contributed by atoms with E-state index in [-0.39, 0.29) is 23.6 Å². The predicted octanol–water partition coefficient (Wildman–Crippen LogP) is 2.78. The summed E-state index contributed by atoms with van der Waals surface area (Å²) in [6.45, 7) is 1.84. The first-order chi connectivity index (χ1) is 9.75. The molecule has 0 fully saturated rings. The van der Waals surface area contributed by atoms with Gasteiger partial charge in [-0.15, -0.1) is 0 Å². The van der Waals surface area contributed by atoms with Crippen molar-refractivity contribution >= 4 is 46.6 Å². The van der Waals surface area contributed by atoms with Gasteiger partial charge in [0.2, 0.25) is 15.9 Å². The number of nitrogens with one attached hydrogen (secondary N) is 1. The Bertz CT molecular complexity index is 518. The van der Waals surface area contributed by atoms with Crippen LogP contribution in [0.4, 0.5) is 0 Å². The molecule has 1 aromatic rings. The van der Waals surface area contributed by atoms with Crippen LogP contribution in [0.2, 0.25) is 0 Å². The molecule has 1 atom stereocenters. The lowest BCUT2D eigenvalue weighted by Gasteiger charge is -2.26. The smallest absolute Gasteiger partial charge is 0.252 e. The van der Waals surface area contributed by atoms with Crippen LogP contribution in [0, 0.1) is 0 Å². The van der Waals surface area contributed by atoms with Crippen LogP contribution in [0.25, 0.3) is 0 Å². The summed E-state index contributed by atoms with van der Waals surface area (Å²) < 4.78 is 3.55. The summed E-state index contributed by atoms with van der Waals surface area (Å²) >= 11 is 17.4. The molecule has 0 unspecified atom stereocenters. The van der Waals surface area contributed by atoms with Gasteiger partial charge in [-0.3, -0.25) is 9.59 Å². The zero-order valence-corrected chi connectivity index (χ0v) is 13.5. The van der Waals surface area contributed by atoms with Crippen molar-refractivity contribution in [3.63, 3.8) is 0 Å². The molecule has 0 aromatic heterocycles. The number of amides is 2. The highest BCUT2D eigenvalue weighted by atomic mass is 35.6. The summed E-state index contributed by atoms with van der Waals surface area (Å²) in [5.74, 6) is -0.892. The van der Waals surface area contributed by atoms with Gasteiger partial charge in [0, 0.05) is 6.42 Å². The molecule has 21 heavy (non-hydrogen) atoms. The quantitative estimate of drug-likeness (QED) is 0.609. The highest BCUT2D eigenvalue weighted by Crippen LogP contribution is 2.32. The second-order valence-corrected chi connectivity index (χ2v) is 6.59. The van der Waals surface area contributed by atoms with E-state index in [1.807, 2.05) is 6.92 Å². The van der Waals surface area contributed by atoms with E-state index in [1.165, 1.54) is 12.1 Å². The van der Waals surface area contributed by atoms with Gasteiger partial charge in [-0.1, -0.05) is 53.9 Å². The number of ether oxygens (including phenoxy) is 1. The molecule has 0 bridgehead atoms. The molecule has 1 rings (SSSR count). The topological polar surface area (TPSA) is 81.4 Å². The maximum atomic E-state index is 11.7. The van der Waals surface area contributed by atoms with Crippen LogP contribution in [0.1, 0.15) is 30.1 Å². The number of nitrogens with two attached hydrogens (primary N) is 1. The molecule has 0 aliphatic rings. The van der Waals surface area contributed by atoms with Gasteiger partial charge in [-0.25, -0.2) is 0 Å². The number of carbonyl (C=O) groups is 2. The fourth-order valence-electron chi connectivity index (χ4n) is 1.52. The van der Waals surface area contributed by atoms with Crippen LogP contribution in [-0.4, -0.2) is 21.8 Å². The highest BCUT2D eigenvalue weighted by Gasteiger charge is 2.36. The molecular weight excluding hydrogens is 339 g/mol. The van der Waals surface area contributed by atoms with Crippen molar-refractivity contribution in [2.24, 2.45) is 5.73 Å². The van der Waals surface area contributed by atoms with E-state index in [4.69, 9.17) is 45.3 Å². The van der Waals surface area contributed by atoms with E-state index >= 15 is 0 Å². The molecule has 8 heteroatoms. The first-order valence-electron chi connectivity index (χ1n) is 6.17. The molecule has 2 amide bonds. The Morgan fingerprint density at radius 1 is 1.33 bits per heavy atom. The summed E-state index contributed by atoms with van der Waals surface area (Å²) in [5.41, 5.74) is 5.37. The standard InChI is InChI=1S/C13H15Cl3N2O3/c1-2-5-10(19)18-12(13(14,15)16)21-9-7-4-3-6-8(9)11(17)20/h3-4,6-7,12H,2,5H2,1H3,(H2,17,20)(H,18,19)/t12-/m0/s1. The molecule has 0 heterocycles. The van der Waals surface area contributed by atoms with Gasteiger partial charge in [0.25, 0.3) is 5.91 Å². The van der Waals surface area contributed by atoms with Crippen LogP contribution in [-0.2, 0) is 4.79 Å². The van der Waals surface area contributed by atoms with Crippen LogP contribution in [0.3, 0.4) is 0 Å². The minimum atomic E-state index is -1.91.